The molecule has 0 unspecified atom stereocenters. The summed E-state index contributed by atoms with van der Waals surface area (Å²) in [5, 5.41) is 24.1. The van der Waals surface area contributed by atoms with Crippen LogP contribution in [0, 0.1) is 0 Å². The molecule has 2 aromatic carbocycles. The van der Waals surface area contributed by atoms with Crippen LogP contribution in [0.5, 0.6) is 0 Å². The third-order valence-electron chi connectivity index (χ3n) is 4.13. The van der Waals surface area contributed by atoms with E-state index in [0.29, 0.717) is 0 Å². The number of aliphatic hydroxyl groups is 2. The normalized spacial score (nSPS) is 12.6. The minimum atomic E-state index is -0.792. The zero-order chi connectivity index (χ0) is 17.2. The van der Waals surface area contributed by atoms with Gasteiger partial charge in [-0.15, -0.1) is 11.3 Å². The van der Waals surface area contributed by atoms with Gasteiger partial charge < -0.3 is 15.5 Å². The number of hydrogen-bond acceptors (Lipinski definition) is 5. The van der Waals surface area contributed by atoms with E-state index in [1.807, 2.05) is 42.5 Å². The number of aromatic nitrogens is 1. The average molecular weight is 350 g/mol. The van der Waals surface area contributed by atoms with Gasteiger partial charge in [-0.05, 0) is 29.7 Å². The lowest BCUT2D eigenvalue weighted by molar-refractivity contribution is 0.105. The fraction of sp³-hybridized carbons (Fsp3) is 0.150. The van der Waals surface area contributed by atoms with Gasteiger partial charge >= 0.3 is 0 Å². The SMILES string of the molecule is OC[C@@H](O)CNc1cc(-c2cc3ccccc3s2)nc2ccccc12. The first-order valence-electron chi connectivity index (χ1n) is 8.16. The molecule has 2 aromatic heterocycles. The summed E-state index contributed by atoms with van der Waals surface area (Å²) in [6, 6.07) is 20.4. The highest BCUT2D eigenvalue weighted by Crippen LogP contribution is 2.35. The van der Waals surface area contributed by atoms with Gasteiger partial charge in [-0.3, -0.25) is 0 Å². The molecule has 3 N–H and O–H groups in total. The summed E-state index contributed by atoms with van der Waals surface area (Å²) in [5.74, 6) is 0. The molecule has 0 radical (unpaired) electrons. The number of nitrogens with one attached hydrogen (secondary N) is 1. The maximum absolute atomic E-state index is 9.65. The monoisotopic (exact) mass is 350 g/mol. The van der Waals surface area contributed by atoms with Gasteiger partial charge in [-0.2, -0.15) is 0 Å². The third-order valence-corrected chi connectivity index (χ3v) is 5.27. The van der Waals surface area contributed by atoms with Crippen molar-refractivity contribution >= 4 is 38.0 Å². The first-order chi connectivity index (χ1) is 12.2. The molecular formula is C20H18N2O2S. The Kier molecular flexibility index (Phi) is 4.36. The van der Waals surface area contributed by atoms with Gasteiger partial charge in [0.15, 0.2) is 0 Å². The fourth-order valence-electron chi connectivity index (χ4n) is 2.85. The number of pyridine rings is 1. The lowest BCUT2D eigenvalue weighted by Gasteiger charge is -2.13. The molecule has 0 amide bonds. The van der Waals surface area contributed by atoms with E-state index in [-0.39, 0.29) is 13.2 Å². The highest BCUT2D eigenvalue weighted by molar-refractivity contribution is 7.22. The van der Waals surface area contributed by atoms with Crippen molar-refractivity contribution in [3.05, 3.63) is 60.7 Å². The van der Waals surface area contributed by atoms with E-state index in [0.717, 1.165) is 27.2 Å². The molecule has 0 aliphatic heterocycles. The van der Waals surface area contributed by atoms with Gasteiger partial charge in [-0.1, -0.05) is 36.4 Å². The van der Waals surface area contributed by atoms with E-state index < -0.39 is 6.10 Å². The van der Waals surface area contributed by atoms with E-state index in [9.17, 15) is 5.11 Å². The molecule has 25 heavy (non-hydrogen) atoms. The van der Waals surface area contributed by atoms with Gasteiger partial charge in [0.05, 0.1) is 28.8 Å². The molecule has 0 bridgehead atoms. The number of thiophene rings is 1. The molecule has 0 fully saturated rings. The van der Waals surface area contributed by atoms with Gasteiger partial charge in [0.1, 0.15) is 0 Å². The van der Waals surface area contributed by atoms with Crippen molar-refractivity contribution < 1.29 is 10.2 Å². The maximum atomic E-state index is 9.65. The fourth-order valence-corrected chi connectivity index (χ4v) is 3.87. The quantitative estimate of drug-likeness (QED) is 0.511. The molecule has 0 aliphatic carbocycles. The van der Waals surface area contributed by atoms with Crippen molar-refractivity contribution in [2.45, 2.75) is 6.10 Å². The van der Waals surface area contributed by atoms with Crippen molar-refractivity contribution in [2.24, 2.45) is 0 Å². The highest BCUT2D eigenvalue weighted by Gasteiger charge is 2.11. The van der Waals surface area contributed by atoms with Crippen LogP contribution in [0.25, 0.3) is 31.6 Å². The third kappa shape index (κ3) is 3.22. The van der Waals surface area contributed by atoms with Gasteiger partial charge in [-0.25, -0.2) is 4.98 Å². The van der Waals surface area contributed by atoms with Crippen LogP contribution in [0.1, 0.15) is 0 Å². The molecule has 1 atom stereocenters. The number of anilines is 1. The second-order valence-electron chi connectivity index (χ2n) is 5.94. The molecule has 0 saturated carbocycles. The summed E-state index contributed by atoms with van der Waals surface area (Å²) in [6.07, 6.45) is -0.792. The summed E-state index contributed by atoms with van der Waals surface area (Å²) < 4.78 is 1.23. The first kappa shape index (κ1) is 16.0. The van der Waals surface area contributed by atoms with Crippen molar-refractivity contribution in [2.75, 3.05) is 18.5 Å². The van der Waals surface area contributed by atoms with Crippen molar-refractivity contribution in [1.82, 2.24) is 4.98 Å². The first-order valence-corrected chi connectivity index (χ1v) is 8.98. The van der Waals surface area contributed by atoms with Crippen LogP contribution in [-0.2, 0) is 0 Å². The maximum Gasteiger partial charge on any atom is 0.0942 e. The lowest BCUT2D eigenvalue weighted by Crippen LogP contribution is -2.23. The van der Waals surface area contributed by atoms with Crippen molar-refractivity contribution in [3.8, 4) is 10.6 Å². The second kappa shape index (κ2) is 6.80. The van der Waals surface area contributed by atoms with Gasteiger partial charge in [0.25, 0.3) is 0 Å². The summed E-state index contributed by atoms with van der Waals surface area (Å²) in [4.78, 5) is 5.92. The smallest absolute Gasteiger partial charge is 0.0942 e. The van der Waals surface area contributed by atoms with Crippen molar-refractivity contribution in [1.29, 1.82) is 0 Å². The summed E-state index contributed by atoms with van der Waals surface area (Å²) in [5.41, 5.74) is 2.71. The number of hydrogen-bond donors (Lipinski definition) is 3. The number of para-hydroxylation sites is 1. The number of aliphatic hydroxyl groups excluding tert-OH is 2. The van der Waals surface area contributed by atoms with Crippen LogP contribution in [0.3, 0.4) is 0 Å². The van der Waals surface area contributed by atoms with Crippen molar-refractivity contribution in [3.63, 3.8) is 0 Å². The zero-order valence-corrected chi connectivity index (χ0v) is 14.3. The molecular weight excluding hydrogens is 332 g/mol. The van der Waals surface area contributed by atoms with Crippen LogP contribution in [0.15, 0.2) is 60.7 Å². The van der Waals surface area contributed by atoms with Crippen LogP contribution in [0.4, 0.5) is 5.69 Å². The van der Waals surface area contributed by atoms with Gasteiger partial charge in [0, 0.05) is 22.3 Å². The summed E-state index contributed by atoms with van der Waals surface area (Å²) in [7, 11) is 0. The predicted molar refractivity (Wildman–Crippen MR) is 104 cm³/mol. The Morgan fingerprint density at radius 2 is 1.84 bits per heavy atom. The number of rotatable bonds is 5. The Morgan fingerprint density at radius 1 is 1.04 bits per heavy atom. The molecule has 5 heteroatoms. The highest BCUT2D eigenvalue weighted by atomic mass is 32.1. The summed E-state index contributed by atoms with van der Waals surface area (Å²) in [6.45, 7) is 0.0234. The Labute approximate surface area is 149 Å². The Balaban J connectivity index is 1.81. The topological polar surface area (TPSA) is 65.4 Å². The molecule has 4 rings (SSSR count). The molecule has 4 aromatic rings. The molecule has 0 saturated heterocycles. The molecule has 126 valence electrons. The van der Waals surface area contributed by atoms with E-state index >= 15 is 0 Å². The van der Waals surface area contributed by atoms with Crippen LogP contribution >= 0.6 is 11.3 Å². The predicted octanol–water partition coefficient (Wildman–Crippen LogP) is 3.88. The molecule has 2 heterocycles. The van der Waals surface area contributed by atoms with Gasteiger partial charge in [0.2, 0.25) is 0 Å². The standard InChI is InChI=1S/C20H18N2O2S/c23-12-14(24)11-21-17-10-18(22-16-7-3-2-6-15(16)17)20-9-13-5-1-4-8-19(13)25-20/h1-10,14,23-24H,11-12H2,(H,21,22)/t14-/m0/s1. The van der Waals surface area contributed by atoms with Crippen LogP contribution in [-0.4, -0.2) is 34.5 Å². The Morgan fingerprint density at radius 3 is 2.68 bits per heavy atom. The Hall–Kier alpha value is -2.47. The number of fused-ring (bicyclic) bond motifs is 2. The second-order valence-corrected chi connectivity index (χ2v) is 7.02. The van der Waals surface area contributed by atoms with Crippen LogP contribution in [0.2, 0.25) is 0 Å². The van der Waals surface area contributed by atoms with E-state index in [1.54, 1.807) is 11.3 Å². The average Bonchev–Trinajstić information content (AvgIpc) is 3.09. The van der Waals surface area contributed by atoms with Crippen LogP contribution < -0.4 is 5.32 Å². The molecule has 0 aliphatic rings. The molecule has 0 spiro atoms. The van der Waals surface area contributed by atoms with E-state index in [4.69, 9.17) is 10.1 Å². The minimum Gasteiger partial charge on any atom is -0.394 e. The Bertz CT molecular complexity index is 995. The van der Waals surface area contributed by atoms with E-state index in [1.165, 1.54) is 10.1 Å². The largest absolute Gasteiger partial charge is 0.394 e. The lowest BCUT2D eigenvalue weighted by atomic mass is 10.1. The number of benzene rings is 2. The van der Waals surface area contributed by atoms with E-state index in [2.05, 4.69) is 23.5 Å². The summed E-state index contributed by atoms with van der Waals surface area (Å²) >= 11 is 1.72. The molecule has 4 nitrogen and oxygen atoms in total. The minimum absolute atomic E-state index is 0.265. The number of nitrogens with zero attached hydrogens (tertiary/aromatic N) is 1. The zero-order valence-electron chi connectivity index (χ0n) is 13.5.